The molecule has 0 aromatic carbocycles. The summed E-state index contributed by atoms with van der Waals surface area (Å²) in [7, 11) is 3.27. The summed E-state index contributed by atoms with van der Waals surface area (Å²) in [5.41, 5.74) is 0. The van der Waals surface area contributed by atoms with E-state index in [4.69, 9.17) is 9.47 Å². The first-order valence-corrected chi connectivity index (χ1v) is 5.76. The number of nitrogens with zero attached hydrogens (tertiary/aromatic N) is 1. The predicted octanol–water partition coefficient (Wildman–Crippen LogP) is 0.206. The van der Waals surface area contributed by atoms with Gasteiger partial charge in [0.2, 0.25) is 5.91 Å². The Hall–Kier alpha value is -0.650. The van der Waals surface area contributed by atoms with E-state index in [0.717, 1.165) is 12.8 Å². The highest BCUT2D eigenvalue weighted by molar-refractivity contribution is 5.83. The topological polar surface area (TPSA) is 50.8 Å². The Bertz CT molecular complexity index is 223. The van der Waals surface area contributed by atoms with Crippen LogP contribution in [0, 0.1) is 0 Å². The van der Waals surface area contributed by atoms with Crippen molar-refractivity contribution >= 4 is 5.91 Å². The maximum absolute atomic E-state index is 11.9. The van der Waals surface area contributed by atoms with Crippen LogP contribution in [-0.2, 0) is 14.3 Å². The van der Waals surface area contributed by atoms with E-state index in [1.54, 1.807) is 19.1 Å². The van der Waals surface area contributed by atoms with Crippen molar-refractivity contribution < 1.29 is 14.3 Å². The monoisotopic (exact) mass is 230 g/mol. The Kier molecular flexibility index (Phi) is 5.73. The molecular formula is C11H22N2O3. The summed E-state index contributed by atoms with van der Waals surface area (Å²) >= 11 is 0. The van der Waals surface area contributed by atoms with E-state index in [-0.39, 0.29) is 18.1 Å². The molecule has 1 N–H and O–H groups in total. The molecular weight excluding hydrogens is 208 g/mol. The summed E-state index contributed by atoms with van der Waals surface area (Å²) < 4.78 is 10.3. The summed E-state index contributed by atoms with van der Waals surface area (Å²) in [5, 5.41) is 3.21. The largest absolute Gasteiger partial charge is 0.382 e. The lowest BCUT2D eigenvalue weighted by atomic mass is 10.1. The lowest BCUT2D eigenvalue weighted by Crippen LogP contribution is -2.38. The zero-order chi connectivity index (χ0) is 12.0. The van der Waals surface area contributed by atoms with Crippen LogP contribution in [0.4, 0.5) is 0 Å². The van der Waals surface area contributed by atoms with Gasteiger partial charge in [-0.2, -0.15) is 0 Å². The summed E-state index contributed by atoms with van der Waals surface area (Å²) in [4.78, 5) is 13.7. The number of methoxy groups -OCH3 is 2. The van der Waals surface area contributed by atoms with Crippen LogP contribution in [0.5, 0.6) is 0 Å². The molecule has 16 heavy (non-hydrogen) atoms. The second kappa shape index (κ2) is 6.83. The minimum atomic E-state index is -0.0453. The van der Waals surface area contributed by atoms with Crippen molar-refractivity contribution in [2.24, 2.45) is 0 Å². The average molecular weight is 230 g/mol. The van der Waals surface area contributed by atoms with Crippen molar-refractivity contribution in [2.45, 2.75) is 31.9 Å². The number of ether oxygens (including phenoxy) is 2. The van der Waals surface area contributed by atoms with Crippen LogP contribution in [-0.4, -0.2) is 57.0 Å². The van der Waals surface area contributed by atoms with E-state index in [9.17, 15) is 4.79 Å². The number of carbonyl (C=O) groups excluding carboxylic acids is 1. The minimum Gasteiger partial charge on any atom is -0.382 e. The Morgan fingerprint density at radius 3 is 2.88 bits per heavy atom. The van der Waals surface area contributed by atoms with Gasteiger partial charge in [0.05, 0.1) is 32.0 Å². The van der Waals surface area contributed by atoms with Crippen molar-refractivity contribution in [3.8, 4) is 0 Å². The molecule has 0 aliphatic carbocycles. The van der Waals surface area contributed by atoms with Crippen LogP contribution in [0.3, 0.4) is 0 Å². The number of hydrogen-bond acceptors (Lipinski definition) is 4. The lowest BCUT2D eigenvalue weighted by molar-refractivity contribution is -0.131. The van der Waals surface area contributed by atoms with Crippen LogP contribution in [0.15, 0.2) is 0 Å². The molecule has 5 heteroatoms. The highest BCUT2D eigenvalue weighted by atomic mass is 16.5. The minimum absolute atomic E-state index is 0.00921. The molecule has 1 fully saturated rings. The maximum Gasteiger partial charge on any atom is 0.240 e. The molecule has 0 radical (unpaired) electrons. The highest BCUT2D eigenvalue weighted by Gasteiger charge is 2.31. The van der Waals surface area contributed by atoms with Gasteiger partial charge in [-0.25, -0.2) is 0 Å². The second-order valence-corrected chi connectivity index (χ2v) is 4.08. The molecule has 0 saturated carbocycles. The van der Waals surface area contributed by atoms with Gasteiger partial charge in [-0.1, -0.05) is 13.3 Å². The fourth-order valence-electron chi connectivity index (χ4n) is 1.90. The Balaban J connectivity index is 2.40. The van der Waals surface area contributed by atoms with Crippen LogP contribution < -0.4 is 5.32 Å². The quantitative estimate of drug-likeness (QED) is 0.679. The van der Waals surface area contributed by atoms with Crippen molar-refractivity contribution in [3.63, 3.8) is 0 Å². The number of nitrogens with one attached hydrogen (secondary N) is 1. The van der Waals surface area contributed by atoms with E-state index in [1.165, 1.54) is 0 Å². The molecule has 2 atom stereocenters. The number of amides is 1. The van der Waals surface area contributed by atoms with Gasteiger partial charge in [-0.05, 0) is 6.42 Å². The van der Waals surface area contributed by atoms with E-state index in [2.05, 4.69) is 12.2 Å². The van der Waals surface area contributed by atoms with Gasteiger partial charge in [0.1, 0.15) is 0 Å². The van der Waals surface area contributed by atoms with Crippen molar-refractivity contribution in [3.05, 3.63) is 0 Å². The molecule has 5 nitrogen and oxygen atoms in total. The molecule has 0 aromatic heterocycles. The molecule has 1 rings (SSSR count). The first-order valence-electron chi connectivity index (χ1n) is 5.76. The zero-order valence-electron chi connectivity index (χ0n) is 10.4. The summed E-state index contributed by atoms with van der Waals surface area (Å²) in [6.45, 7) is 3.81. The van der Waals surface area contributed by atoms with Crippen LogP contribution >= 0.6 is 0 Å². The smallest absolute Gasteiger partial charge is 0.240 e. The van der Waals surface area contributed by atoms with Gasteiger partial charge in [0.25, 0.3) is 0 Å². The second-order valence-electron chi connectivity index (χ2n) is 4.08. The van der Waals surface area contributed by atoms with Crippen molar-refractivity contribution in [1.29, 1.82) is 0 Å². The van der Waals surface area contributed by atoms with Gasteiger partial charge in [0.15, 0.2) is 0 Å². The number of rotatable bonds is 7. The molecule has 0 bridgehead atoms. The first-order chi connectivity index (χ1) is 7.72. The summed E-state index contributed by atoms with van der Waals surface area (Å²) in [6, 6.07) is -0.00921. The molecule has 0 aromatic rings. The summed E-state index contributed by atoms with van der Waals surface area (Å²) in [5.74, 6) is 0.181. The Labute approximate surface area is 97.1 Å². The SMILES string of the molecule is CCCC1NCN(CC(COC)OC)C1=O. The van der Waals surface area contributed by atoms with Crippen molar-refractivity contribution in [1.82, 2.24) is 10.2 Å². The van der Waals surface area contributed by atoms with Gasteiger partial charge < -0.3 is 14.4 Å². The van der Waals surface area contributed by atoms with E-state index in [1.807, 2.05) is 0 Å². The number of hydrogen-bond donors (Lipinski definition) is 1. The fourth-order valence-corrected chi connectivity index (χ4v) is 1.90. The molecule has 0 spiro atoms. The van der Waals surface area contributed by atoms with Crippen LogP contribution in [0.25, 0.3) is 0 Å². The van der Waals surface area contributed by atoms with Crippen LogP contribution in [0.1, 0.15) is 19.8 Å². The third-order valence-corrected chi connectivity index (χ3v) is 2.83. The molecule has 1 heterocycles. The standard InChI is InChI=1S/C11H22N2O3/c1-4-5-10-11(14)13(8-12-10)6-9(16-3)7-15-2/h9-10,12H,4-8H2,1-3H3. The van der Waals surface area contributed by atoms with Gasteiger partial charge in [-0.3, -0.25) is 10.1 Å². The highest BCUT2D eigenvalue weighted by Crippen LogP contribution is 2.10. The maximum atomic E-state index is 11.9. The number of carbonyl (C=O) groups is 1. The van der Waals surface area contributed by atoms with E-state index in [0.29, 0.717) is 19.8 Å². The van der Waals surface area contributed by atoms with Crippen molar-refractivity contribution in [2.75, 3.05) is 34.0 Å². The first kappa shape index (κ1) is 13.4. The predicted molar refractivity (Wildman–Crippen MR) is 61.1 cm³/mol. The molecule has 1 aliphatic rings. The van der Waals surface area contributed by atoms with Crippen LogP contribution in [0.2, 0.25) is 0 Å². The van der Waals surface area contributed by atoms with Gasteiger partial charge >= 0.3 is 0 Å². The third kappa shape index (κ3) is 3.43. The zero-order valence-corrected chi connectivity index (χ0v) is 10.4. The van der Waals surface area contributed by atoms with Gasteiger partial charge in [-0.15, -0.1) is 0 Å². The average Bonchev–Trinajstić information content (AvgIpc) is 2.61. The molecule has 1 saturated heterocycles. The van der Waals surface area contributed by atoms with Gasteiger partial charge in [0, 0.05) is 14.2 Å². The van der Waals surface area contributed by atoms with E-state index >= 15 is 0 Å². The molecule has 1 amide bonds. The summed E-state index contributed by atoms with van der Waals surface area (Å²) in [6.07, 6.45) is 1.87. The molecule has 94 valence electrons. The van der Waals surface area contributed by atoms with E-state index < -0.39 is 0 Å². The normalized spacial score (nSPS) is 22.8. The molecule has 2 unspecified atom stereocenters. The third-order valence-electron chi connectivity index (χ3n) is 2.83. The Morgan fingerprint density at radius 1 is 1.56 bits per heavy atom. The fraction of sp³-hybridized carbons (Fsp3) is 0.909. The lowest BCUT2D eigenvalue weighted by Gasteiger charge is -2.21. The Morgan fingerprint density at radius 2 is 2.31 bits per heavy atom. The molecule has 1 aliphatic heterocycles.